The van der Waals surface area contributed by atoms with E-state index in [-0.39, 0.29) is 6.04 Å². The van der Waals surface area contributed by atoms with E-state index in [1.165, 1.54) is 0 Å². The van der Waals surface area contributed by atoms with Crippen LogP contribution in [-0.4, -0.2) is 31.8 Å². The Morgan fingerprint density at radius 1 is 0.964 bits per heavy atom. The number of hydrogen-bond donors (Lipinski definition) is 1. The van der Waals surface area contributed by atoms with Gasteiger partial charge in [0.15, 0.2) is 0 Å². The van der Waals surface area contributed by atoms with Crippen molar-refractivity contribution >= 4 is 5.95 Å². The third-order valence-electron chi connectivity index (χ3n) is 4.42. The van der Waals surface area contributed by atoms with Crippen LogP contribution in [0.1, 0.15) is 17.2 Å². The minimum atomic E-state index is -0.127. The third kappa shape index (κ3) is 3.83. The first-order chi connectivity index (χ1) is 13.7. The summed E-state index contributed by atoms with van der Waals surface area (Å²) in [4.78, 5) is 13.2. The van der Waals surface area contributed by atoms with E-state index in [9.17, 15) is 0 Å². The number of rotatable bonds is 6. The Labute approximate surface area is 163 Å². The summed E-state index contributed by atoms with van der Waals surface area (Å²) in [6.07, 6.45) is 9.02. The Bertz CT molecular complexity index is 1050. The molecule has 0 aliphatic rings. The molecule has 0 fully saturated rings. The van der Waals surface area contributed by atoms with Crippen molar-refractivity contribution in [3.8, 4) is 17.0 Å². The van der Waals surface area contributed by atoms with E-state index in [2.05, 4.69) is 25.4 Å². The Morgan fingerprint density at radius 2 is 1.71 bits per heavy atom. The summed E-state index contributed by atoms with van der Waals surface area (Å²) in [7, 11) is 3.54. The van der Waals surface area contributed by atoms with E-state index in [1.807, 2.05) is 55.7 Å². The number of aryl methyl sites for hydroxylation is 1. The van der Waals surface area contributed by atoms with Gasteiger partial charge < -0.3 is 10.1 Å². The second-order valence-electron chi connectivity index (χ2n) is 6.30. The molecule has 0 radical (unpaired) electrons. The lowest BCUT2D eigenvalue weighted by molar-refractivity contribution is 0.414. The highest BCUT2D eigenvalue weighted by Crippen LogP contribution is 2.27. The molecule has 7 heteroatoms. The summed E-state index contributed by atoms with van der Waals surface area (Å²) in [6, 6.07) is 13.6. The molecule has 140 valence electrons. The van der Waals surface area contributed by atoms with Crippen molar-refractivity contribution in [1.29, 1.82) is 0 Å². The molecule has 3 aromatic heterocycles. The zero-order valence-corrected chi connectivity index (χ0v) is 15.6. The number of aromatic nitrogens is 5. The Kier molecular flexibility index (Phi) is 4.97. The first-order valence-corrected chi connectivity index (χ1v) is 8.85. The van der Waals surface area contributed by atoms with Crippen molar-refractivity contribution < 1.29 is 4.74 Å². The van der Waals surface area contributed by atoms with Crippen LogP contribution in [-0.2, 0) is 7.05 Å². The summed E-state index contributed by atoms with van der Waals surface area (Å²) < 4.78 is 7.03. The van der Waals surface area contributed by atoms with Crippen LogP contribution in [0.4, 0.5) is 5.95 Å². The lowest BCUT2D eigenvalue weighted by atomic mass is 9.99. The maximum Gasteiger partial charge on any atom is 0.223 e. The zero-order valence-electron chi connectivity index (χ0n) is 15.6. The number of nitrogens with one attached hydrogen (secondary N) is 1. The standard InChI is InChI=1S/C21H20N6O/c1-27-14-17(13-24-27)19-9-12-23-21(25-19)26-20(16-7-10-22-11-8-16)15-3-5-18(28-2)6-4-15/h3-14,20H,1-2H3,(H,23,25,26). The van der Waals surface area contributed by atoms with Crippen LogP contribution >= 0.6 is 0 Å². The van der Waals surface area contributed by atoms with Gasteiger partial charge in [-0.3, -0.25) is 9.67 Å². The van der Waals surface area contributed by atoms with Crippen molar-refractivity contribution in [2.24, 2.45) is 7.05 Å². The molecule has 0 aliphatic heterocycles. The smallest absolute Gasteiger partial charge is 0.223 e. The highest BCUT2D eigenvalue weighted by Gasteiger charge is 2.16. The topological polar surface area (TPSA) is 77.8 Å². The molecule has 3 heterocycles. The maximum absolute atomic E-state index is 5.28. The Hall–Kier alpha value is -3.74. The van der Waals surface area contributed by atoms with Crippen molar-refractivity contribution in [3.05, 3.63) is 84.6 Å². The van der Waals surface area contributed by atoms with Crippen molar-refractivity contribution in [3.63, 3.8) is 0 Å². The Morgan fingerprint density at radius 3 is 2.39 bits per heavy atom. The average molecular weight is 372 g/mol. The van der Waals surface area contributed by atoms with Crippen LogP contribution < -0.4 is 10.1 Å². The fourth-order valence-corrected chi connectivity index (χ4v) is 2.98. The molecule has 0 aliphatic carbocycles. The monoisotopic (exact) mass is 372 g/mol. The van der Waals surface area contributed by atoms with Gasteiger partial charge in [0.1, 0.15) is 5.75 Å². The highest BCUT2D eigenvalue weighted by molar-refractivity contribution is 5.58. The molecule has 4 rings (SSSR count). The quantitative estimate of drug-likeness (QED) is 0.558. The first-order valence-electron chi connectivity index (χ1n) is 8.85. The van der Waals surface area contributed by atoms with Gasteiger partial charge in [0.2, 0.25) is 5.95 Å². The number of benzene rings is 1. The van der Waals surface area contributed by atoms with Crippen LogP contribution in [0.2, 0.25) is 0 Å². The predicted octanol–water partition coefficient (Wildman–Crippen LogP) is 3.48. The molecule has 1 aromatic carbocycles. The van der Waals surface area contributed by atoms with Crippen molar-refractivity contribution in [1.82, 2.24) is 24.7 Å². The number of pyridine rings is 1. The summed E-state index contributed by atoms with van der Waals surface area (Å²) in [5, 5.41) is 7.66. The first kappa shape index (κ1) is 17.7. The fourth-order valence-electron chi connectivity index (χ4n) is 2.98. The van der Waals surface area contributed by atoms with Gasteiger partial charge in [-0.1, -0.05) is 12.1 Å². The molecule has 28 heavy (non-hydrogen) atoms. The molecule has 1 unspecified atom stereocenters. The van der Waals surface area contributed by atoms with Gasteiger partial charge in [-0.25, -0.2) is 9.97 Å². The second kappa shape index (κ2) is 7.87. The van der Waals surface area contributed by atoms with E-state index < -0.39 is 0 Å². The zero-order chi connectivity index (χ0) is 19.3. The Balaban J connectivity index is 1.68. The van der Waals surface area contributed by atoms with E-state index in [0.29, 0.717) is 5.95 Å². The summed E-state index contributed by atoms with van der Waals surface area (Å²) in [5.74, 6) is 1.35. The fraction of sp³-hybridized carbons (Fsp3) is 0.143. The highest BCUT2D eigenvalue weighted by atomic mass is 16.5. The van der Waals surface area contributed by atoms with Gasteiger partial charge in [-0.05, 0) is 41.5 Å². The van der Waals surface area contributed by atoms with E-state index in [1.54, 1.807) is 36.6 Å². The lowest BCUT2D eigenvalue weighted by Gasteiger charge is -2.20. The average Bonchev–Trinajstić information content (AvgIpc) is 3.19. The second-order valence-corrected chi connectivity index (χ2v) is 6.30. The van der Waals surface area contributed by atoms with Crippen LogP contribution in [0, 0.1) is 0 Å². The van der Waals surface area contributed by atoms with E-state index in [0.717, 1.165) is 28.1 Å². The van der Waals surface area contributed by atoms with Gasteiger partial charge in [0.05, 0.1) is 25.0 Å². The van der Waals surface area contributed by atoms with Crippen LogP contribution in [0.25, 0.3) is 11.3 Å². The molecular formula is C21H20N6O. The maximum atomic E-state index is 5.28. The summed E-state index contributed by atoms with van der Waals surface area (Å²) >= 11 is 0. The molecule has 1 N–H and O–H groups in total. The number of ether oxygens (including phenoxy) is 1. The molecule has 0 spiro atoms. The molecule has 0 saturated carbocycles. The van der Waals surface area contributed by atoms with Gasteiger partial charge in [-0.2, -0.15) is 5.10 Å². The number of anilines is 1. The van der Waals surface area contributed by atoms with Gasteiger partial charge in [0.25, 0.3) is 0 Å². The van der Waals surface area contributed by atoms with Crippen LogP contribution in [0.3, 0.4) is 0 Å². The van der Waals surface area contributed by atoms with E-state index in [4.69, 9.17) is 4.74 Å². The van der Waals surface area contributed by atoms with Crippen molar-refractivity contribution in [2.45, 2.75) is 6.04 Å². The van der Waals surface area contributed by atoms with Crippen molar-refractivity contribution in [2.75, 3.05) is 12.4 Å². The summed E-state index contributed by atoms with van der Waals surface area (Å²) in [5.41, 5.74) is 3.89. The molecule has 4 aromatic rings. The lowest BCUT2D eigenvalue weighted by Crippen LogP contribution is -2.14. The molecular weight excluding hydrogens is 352 g/mol. The SMILES string of the molecule is COc1ccc(C(Nc2nccc(-c3cnn(C)c3)n2)c2ccncc2)cc1. The van der Waals surface area contributed by atoms with Gasteiger partial charge >= 0.3 is 0 Å². The largest absolute Gasteiger partial charge is 0.497 e. The number of methoxy groups -OCH3 is 1. The molecule has 0 saturated heterocycles. The summed E-state index contributed by atoms with van der Waals surface area (Å²) in [6.45, 7) is 0. The predicted molar refractivity (Wildman–Crippen MR) is 107 cm³/mol. The normalized spacial score (nSPS) is 11.8. The number of hydrogen-bond acceptors (Lipinski definition) is 6. The van der Waals surface area contributed by atoms with Gasteiger partial charge in [0, 0.05) is 37.4 Å². The molecule has 1 atom stereocenters. The minimum Gasteiger partial charge on any atom is -0.497 e. The van der Waals surface area contributed by atoms with E-state index >= 15 is 0 Å². The van der Waals surface area contributed by atoms with Gasteiger partial charge in [-0.15, -0.1) is 0 Å². The van der Waals surface area contributed by atoms with Crippen LogP contribution in [0.15, 0.2) is 73.4 Å². The van der Waals surface area contributed by atoms with Crippen LogP contribution in [0.5, 0.6) is 5.75 Å². The minimum absolute atomic E-state index is 0.127. The third-order valence-corrected chi connectivity index (χ3v) is 4.42. The molecule has 7 nitrogen and oxygen atoms in total. The molecule has 0 amide bonds. The molecule has 0 bridgehead atoms. The number of nitrogens with zero attached hydrogens (tertiary/aromatic N) is 5.